The van der Waals surface area contributed by atoms with Crippen LogP contribution in [0.2, 0.25) is 0 Å². The third-order valence-corrected chi connectivity index (χ3v) is 7.27. The van der Waals surface area contributed by atoms with Gasteiger partial charge in [0.25, 0.3) is 0 Å². The number of nitriles is 1. The lowest BCUT2D eigenvalue weighted by Crippen LogP contribution is -2.24. The first-order valence-electron chi connectivity index (χ1n) is 14.8. The van der Waals surface area contributed by atoms with E-state index in [1.165, 1.54) is 48.5 Å². The molecule has 0 spiro atoms. The summed E-state index contributed by atoms with van der Waals surface area (Å²) in [5.74, 6) is -1.46. The molecule has 4 rings (SSSR count). The predicted molar refractivity (Wildman–Crippen MR) is 161 cm³/mol. The first kappa shape index (κ1) is 33.4. The standard InChI is InChI=1S/C36H33F6NO2/c37-30-16-12-29(13-17-30)33-21-20-32(24-34(33)38)45-36(41,42)23-7-5-3-1-2-4-6-22-35(39,40)44-31-18-14-28(15-19-31)27-10-8-26(25-43)9-11-27/h8-21,24H,1-7,22-23H2. The Kier molecular flexibility index (Phi) is 11.5. The lowest BCUT2D eigenvalue weighted by atomic mass is 10.0. The molecule has 0 saturated carbocycles. The quantitative estimate of drug-likeness (QED) is 0.0919. The van der Waals surface area contributed by atoms with Gasteiger partial charge in [-0.3, -0.25) is 0 Å². The zero-order valence-electron chi connectivity index (χ0n) is 24.6. The van der Waals surface area contributed by atoms with Crippen molar-refractivity contribution < 1.29 is 35.8 Å². The molecule has 0 atom stereocenters. The van der Waals surface area contributed by atoms with Gasteiger partial charge in [0.15, 0.2) is 0 Å². The molecule has 4 aromatic rings. The fraction of sp³-hybridized carbons (Fsp3) is 0.306. The van der Waals surface area contributed by atoms with Crippen molar-refractivity contribution in [1.82, 2.24) is 0 Å². The monoisotopic (exact) mass is 625 g/mol. The average molecular weight is 626 g/mol. The van der Waals surface area contributed by atoms with Gasteiger partial charge in [0, 0.05) is 11.6 Å². The van der Waals surface area contributed by atoms with E-state index in [1.54, 1.807) is 36.4 Å². The van der Waals surface area contributed by atoms with Crippen molar-refractivity contribution in [2.45, 2.75) is 70.0 Å². The molecule has 0 unspecified atom stereocenters. The molecule has 0 aliphatic heterocycles. The second kappa shape index (κ2) is 15.5. The molecule has 0 saturated heterocycles. The van der Waals surface area contributed by atoms with Crippen molar-refractivity contribution in [3.63, 3.8) is 0 Å². The van der Waals surface area contributed by atoms with Crippen LogP contribution in [0.4, 0.5) is 26.3 Å². The fourth-order valence-corrected chi connectivity index (χ4v) is 4.87. The SMILES string of the molecule is N#Cc1ccc(-c2ccc(OC(F)(F)CCCCCCCCCC(F)(F)Oc3ccc(-c4ccc(F)cc4)c(F)c3)cc2)cc1. The minimum Gasteiger partial charge on any atom is -0.433 e. The van der Waals surface area contributed by atoms with E-state index in [-0.39, 0.29) is 29.9 Å². The topological polar surface area (TPSA) is 42.2 Å². The third-order valence-electron chi connectivity index (χ3n) is 7.27. The van der Waals surface area contributed by atoms with E-state index >= 15 is 0 Å². The molecule has 0 N–H and O–H groups in total. The van der Waals surface area contributed by atoms with E-state index in [0.717, 1.165) is 23.6 Å². The van der Waals surface area contributed by atoms with E-state index < -0.39 is 36.7 Å². The Hall–Kier alpha value is -4.45. The number of hydrogen-bond donors (Lipinski definition) is 0. The Morgan fingerprint density at radius 1 is 0.533 bits per heavy atom. The highest BCUT2D eigenvalue weighted by Gasteiger charge is 2.32. The summed E-state index contributed by atoms with van der Waals surface area (Å²) in [5, 5.41) is 8.90. The van der Waals surface area contributed by atoms with Gasteiger partial charge in [0.1, 0.15) is 23.1 Å². The van der Waals surface area contributed by atoms with Crippen LogP contribution in [0, 0.1) is 23.0 Å². The second-order valence-corrected chi connectivity index (χ2v) is 10.8. The van der Waals surface area contributed by atoms with Gasteiger partial charge in [-0.15, -0.1) is 0 Å². The summed E-state index contributed by atoms with van der Waals surface area (Å²) in [6.07, 6.45) is -4.11. The summed E-state index contributed by atoms with van der Waals surface area (Å²) < 4.78 is 94.5. The molecule has 0 fully saturated rings. The molecule has 45 heavy (non-hydrogen) atoms. The van der Waals surface area contributed by atoms with Gasteiger partial charge in [-0.05, 0) is 78.1 Å². The van der Waals surface area contributed by atoms with E-state index in [9.17, 15) is 26.3 Å². The number of rotatable bonds is 16. The lowest BCUT2D eigenvalue weighted by molar-refractivity contribution is -0.182. The van der Waals surface area contributed by atoms with Gasteiger partial charge in [-0.25, -0.2) is 8.78 Å². The predicted octanol–water partition coefficient (Wildman–Crippen LogP) is 11.3. The van der Waals surface area contributed by atoms with Crippen molar-refractivity contribution >= 4 is 0 Å². The number of benzene rings is 4. The molecule has 0 aromatic heterocycles. The number of nitrogens with zero attached hydrogens (tertiary/aromatic N) is 1. The number of halogens is 6. The van der Waals surface area contributed by atoms with Crippen LogP contribution in [0.5, 0.6) is 11.5 Å². The highest BCUT2D eigenvalue weighted by molar-refractivity contribution is 5.65. The van der Waals surface area contributed by atoms with Gasteiger partial charge >= 0.3 is 12.2 Å². The van der Waals surface area contributed by atoms with Crippen LogP contribution in [0.25, 0.3) is 22.3 Å². The Balaban J connectivity index is 1.08. The van der Waals surface area contributed by atoms with E-state index in [1.807, 2.05) is 6.07 Å². The molecule has 236 valence electrons. The minimum atomic E-state index is -3.47. The summed E-state index contributed by atoms with van der Waals surface area (Å²) >= 11 is 0. The van der Waals surface area contributed by atoms with Gasteiger partial charge < -0.3 is 9.47 Å². The normalized spacial score (nSPS) is 11.7. The summed E-state index contributed by atoms with van der Waals surface area (Å²) in [6.45, 7) is 0. The Morgan fingerprint density at radius 2 is 0.978 bits per heavy atom. The van der Waals surface area contributed by atoms with Crippen molar-refractivity contribution in [2.75, 3.05) is 0 Å². The number of unbranched alkanes of at least 4 members (excludes halogenated alkanes) is 6. The van der Waals surface area contributed by atoms with Crippen LogP contribution in [0.1, 0.15) is 63.4 Å². The lowest BCUT2D eigenvalue weighted by Gasteiger charge is -2.18. The van der Waals surface area contributed by atoms with Crippen molar-refractivity contribution in [3.05, 3.63) is 108 Å². The van der Waals surface area contributed by atoms with Crippen LogP contribution in [0.3, 0.4) is 0 Å². The highest BCUT2D eigenvalue weighted by atomic mass is 19.3. The summed E-state index contributed by atoms with van der Waals surface area (Å²) in [4.78, 5) is 0. The van der Waals surface area contributed by atoms with Gasteiger partial charge in [-0.1, -0.05) is 68.5 Å². The van der Waals surface area contributed by atoms with Gasteiger partial charge in [-0.2, -0.15) is 22.8 Å². The largest absolute Gasteiger partial charge is 0.433 e. The first-order valence-corrected chi connectivity index (χ1v) is 14.8. The Bertz CT molecular complexity index is 1550. The number of ether oxygens (including phenoxy) is 2. The van der Waals surface area contributed by atoms with Gasteiger partial charge in [0.05, 0.1) is 24.5 Å². The maximum Gasteiger partial charge on any atom is 0.397 e. The maximum atomic E-state index is 14.5. The summed E-state index contributed by atoms with van der Waals surface area (Å²) in [6, 6.07) is 23.9. The molecule has 3 nitrogen and oxygen atoms in total. The Morgan fingerprint density at radius 3 is 1.49 bits per heavy atom. The molecule has 9 heteroatoms. The molecule has 0 radical (unpaired) electrons. The number of alkyl halides is 4. The van der Waals surface area contributed by atoms with Crippen molar-refractivity contribution in [3.8, 4) is 39.8 Å². The molecule has 0 bridgehead atoms. The Labute approximate surface area is 259 Å². The van der Waals surface area contributed by atoms with Crippen LogP contribution in [-0.2, 0) is 0 Å². The smallest absolute Gasteiger partial charge is 0.397 e. The summed E-state index contributed by atoms with van der Waals surface area (Å²) in [7, 11) is 0. The molecule has 0 heterocycles. The fourth-order valence-electron chi connectivity index (χ4n) is 4.87. The van der Waals surface area contributed by atoms with Crippen molar-refractivity contribution in [1.29, 1.82) is 5.26 Å². The average Bonchev–Trinajstić information content (AvgIpc) is 3.01. The molecular formula is C36H33F6NO2. The van der Waals surface area contributed by atoms with Gasteiger partial charge in [0.2, 0.25) is 0 Å². The van der Waals surface area contributed by atoms with Crippen LogP contribution in [0.15, 0.2) is 91.0 Å². The first-order chi connectivity index (χ1) is 21.5. The zero-order chi connectivity index (χ0) is 32.3. The van der Waals surface area contributed by atoms with Crippen molar-refractivity contribution in [2.24, 2.45) is 0 Å². The maximum absolute atomic E-state index is 14.5. The van der Waals surface area contributed by atoms with E-state index in [0.29, 0.717) is 36.8 Å². The molecule has 0 amide bonds. The number of hydrogen-bond acceptors (Lipinski definition) is 3. The van der Waals surface area contributed by atoms with Crippen LogP contribution < -0.4 is 9.47 Å². The van der Waals surface area contributed by atoms with Crippen LogP contribution in [-0.4, -0.2) is 12.2 Å². The second-order valence-electron chi connectivity index (χ2n) is 10.8. The third kappa shape index (κ3) is 10.6. The molecule has 0 aliphatic carbocycles. The molecular weight excluding hydrogens is 592 g/mol. The van der Waals surface area contributed by atoms with E-state index in [4.69, 9.17) is 14.7 Å². The molecule has 4 aromatic carbocycles. The van der Waals surface area contributed by atoms with Crippen LogP contribution >= 0.6 is 0 Å². The minimum absolute atomic E-state index is 0.0605. The summed E-state index contributed by atoms with van der Waals surface area (Å²) in [5.41, 5.74) is 2.77. The highest BCUT2D eigenvalue weighted by Crippen LogP contribution is 2.32. The molecule has 0 aliphatic rings. The van der Waals surface area contributed by atoms with E-state index in [2.05, 4.69) is 0 Å². The zero-order valence-corrected chi connectivity index (χ0v) is 24.6.